The first-order valence-corrected chi connectivity index (χ1v) is 6.51. The topological polar surface area (TPSA) is 46.5 Å². The molecule has 1 N–H and O–H groups in total. The van der Waals surface area contributed by atoms with E-state index in [1.165, 1.54) is 12.1 Å². The molecule has 0 aliphatic rings. The maximum Gasteiger partial charge on any atom is 0.335 e. The van der Waals surface area contributed by atoms with Crippen LogP contribution in [0.5, 0.6) is 5.75 Å². The maximum absolute atomic E-state index is 10.8. The third-order valence-electron chi connectivity index (χ3n) is 2.11. The Labute approximate surface area is 111 Å². The molecule has 0 bridgehead atoms. The van der Waals surface area contributed by atoms with Crippen LogP contribution >= 0.6 is 27.3 Å². The van der Waals surface area contributed by atoms with E-state index in [0.29, 0.717) is 12.4 Å². The van der Waals surface area contributed by atoms with Crippen LogP contribution in [0.1, 0.15) is 15.9 Å². The van der Waals surface area contributed by atoms with E-state index in [-0.39, 0.29) is 5.56 Å². The predicted molar refractivity (Wildman–Crippen MR) is 69.8 cm³/mol. The number of hydrogen-bond acceptors (Lipinski definition) is 3. The zero-order chi connectivity index (χ0) is 12.3. The van der Waals surface area contributed by atoms with Crippen molar-refractivity contribution >= 4 is 33.2 Å². The van der Waals surface area contributed by atoms with Crippen LogP contribution in [0, 0.1) is 0 Å². The molecular weight excluding hydrogens is 304 g/mol. The number of benzene rings is 1. The lowest BCUT2D eigenvalue weighted by Crippen LogP contribution is -1.98. The van der Waals surface area contributed by atoms with Gasteiger partial charge in [-0.3, -0.25) is 0 Å². The number of carboxylic acid groups (broad SMARTS) is 1. The van der Waals surface area contributed by atoms with Crippen LogP contribution in [0.2, 0.25) is 0 Å². The van der Waals surface area contributed by atoms with E-state index >= 15 is 0 Å². The lowest BCUT2D eigenvalue weighted by molar-refractivity contribution is 0.0696. The first-order valence-electron chi connectivity index (χ1n) is 4.84. The monoisotopic (exact) mass is 312 g/mol. The highest BCUT2D eigenvalue weighted by Gasteiger charge is 2.04. The standard InChI is InChI=1S/C12H9BrO3S/c13-11-4-8(7-17-11)6-16-10-3-1-2-9(5-10)12(14)15/h1-5,7H,6H2,(H,14,15). The van der Waals surface area contributed by atoms with Crippen molar-refractivity contribution in [2.45, 2.75) is 6.61 Å². The molecule has 5 heteroatoms. The molecule has 0 unspecified atom stereocenters. The Kier molecular flexibility index (Phi) is 3.81. The van der Waals surface area contributed by atoms with Crippen molar-refractivity contribution in [1.29, 1.82) is 0 Å². The molecule has 0 aliphatic heterocycles. The molecule has 88 valence electrons. The fourth-order valence-corrected chi connectivity index (χ4v) is 2.50. The molecule has 0 radical (unpaired) electrons. The van der Waals surface area contributed by atoms with Crippen molar-refractivity contribution in [3.05, 3.63) is 50.6 Å². The lowest BCUT2D eigenvalue weighted by Gasteiger charge is -2.05. The van der Waals surface area contributed by atoms with E-state index in [9.17, 15) is 4.79 Å². The number of thiophene rings is 1. The number of hydrogen-bond donors (Lipinski definition) is 1. The average Bonchev–Trinajstić information content (AvgIpc) is 2.73. The Hall–Kier alpha value is -1.33. The second kappa shape index (κ2) is 5.33. The highest BCUT2D eigenvalue weighted by atomic mass is 79.9. The van der Waals surface area contributed by atoms with Gasteiger partial charge in [0.1, 0.15) is 12.4 Å². The SMILES string of the molecule is O=C(O)c1cccc(OCc2csc(Br)c2)c1. The molecule has 2 aromatic rings. The summed E-state index contributed by atoms with van der Waals surface area (Å²) in [6.45, 7) is 0.436. The summed E-state index contributed by atoms with van der Waals surface area (Å²) < 4.78 is 6.57. The highest BCUT2D eigenvalue weighted by molar-refractivity contribution is 9.11. The molecule has 0 saturated heterocycles. The molecule has 0 atom stereocenters. The Morgan fingerprint density at radius 3 is 2.88 bits per heavy atom. The molecule has 1 heterocycles. The van der Waals surface area contributed by atoms with Gasteiger partial charge in [0.05, 0.1) is 9.35 Å². The van der Waals surface area contributed by atoms with Gasteiger partial charge < -0.3 is 9.84 Å². The normalized spacial score (nSPS) is 10.2. The molecule has 0 aliphatic carbocycles. The van der Waals surface area contributed by atoms with Gasteiger partial charge in [-0.15, -0.1) is 11.3 Å². The number of aromatic carboxylic acids is 1. The van der Waals surface area contributed by atoms with Gasteiger partial charge in [0.2, 0.25) is 0 Å². The number of carbonyl (C=O) groups is 1. The average molecular weight is 313 g/mol. The van der Waals surface area contributed by atoms with Crippen LogP contribution in [0.15, 0.2) is 39.5 Å². The predicted octanol–water partition coefficient (Wildman–Crippen LogP) is 3.79. The zero-order valence-corrected chi connectivity index (χ0v) is 11.1. The van der Waals surface area contributed by atoms with Crippen LogP contribution in [-0.2, 0) is 6.61 Å². The second-order valence-corrected chi connectivity index (χ2v) is 5.67. The highest BCUT2D eigenvalue weighted by Crippen LogP contribution is 2.22. The Morgan fingerprint density at radius 1 is 1.41 bits per heavy atom. The summed E-state index contributed by atoms with van der Waals surface area (Å²) in [5.41, 5.74) is 1.29. The van der Waals surface area contributed by atoms with Crippen molar-refractivity contribution in [3.63, 3.8) is 0 Å². The number of ether oxygens (including phenoxy) is 1. The summed E-state index contributed by atoms with van der Waals surface area (Å²) in [4.78, 5) is 10.8. The summed E-state index contributed by atoms with van der Waals surface area (Å²) >= 11 is 4.96. The van der Waals surface area contributed by atoms with Crippen LogP contribution in [-0.4, -0.2) is 11.1 Å². The van der Waals surface area contributed by atoms with E-state index in [1.54, 1.807) is 23.5 Å². The van der Waals surface area contributed by atoms with Gasteiger partial charge >= 0.3 is 5.97 Å². The molecule has 1 aromatic carbocycles. The molecule has 17 heavy (non-hydrogen) atoms. The number of halogens is 1. The van der Waals surface area contributed by atoms with Gasteiger partial charge in [0, 0.05) is 5.56 Å². The van der Waals surface area contributed by atoms with Crippen molar-refractivity contribution in [2.75, 3.05) is 0 Å². The van der Waals surface area contributed by atoms with Gasteiger partial charge in [0.15, 0.2) is 0 Å². The van der Waals surface area contributed by atoms with Gasteiger partial charge in [-0.05, 0) is 45.6 Å². The van der Waals surface area contributed by atoms with Crippen molar-refractivity contribution < 1.29 is 14.6 Å². The third kappa shape index (κ3) is 3.31. The minimum atomic E-state index is -0.950. The van der Waals surface area contributed by atoms with E-state index in [2.05, 4.69) is 15.9 Å². The fraction of sp³-hybridized carbons (Fsp3) is 0.0833. The van der Waals surface area contributed by atoms with E-state index in [4.69, 9.17) is 9.84 Å². The number of carboxylic acids is 1. The fourth-order valence-electron chi connectivity index (χ4n) is 1.31. The van der Waals surface area contributed by atoms with E-state index in [1.807, 2.05) is 11.4 Å². The summed E-state index contributed by atoms with van der Waals surface area (Å²) in [5.74, 6) is -0.388. The van der Waals surface area contributed by atoms with Gasteiger partial charge in [-0.25, -0.2) is 4.79 Å². The van der Waals surface area contributed by atoms with E-state index < -0.39 is 5.97 Å². The van der Waals surface area contributed by atoms with Crippen LogP contribution in [0.3, 0.4) is 0 Å². The van der Waals surface area contributed by atoms with Crippen LogP contribution in [0.4, 0.5) is 0 Å². The first kappa shape index (κ1) is 12.1. The molecule has 0 spiro atoms. The van der Waals surface area contributed by atoms with Crippen molar-refractivity contribution in [2.24, 2.45) is 0 Å². The Balaban J connectivity index is 2.04. The molecular formula is C12H9BrO3S. The largest absolute Gasteiger partial charge is 0.489 e. The summed E-state index contributed by atoms with van der Waals surface area (Å²) in [6, 6.07) is 8.45. The van der Waals surface area contributed by atoms with Crippen molar-refractivity contribution in [1.82, 2.24) is 0 Å². The minimum absolute atomic E-state index is 0.231. The lowest BCUT2D eigenvalue weighted by atomic mass is 10.2. The van der Waals surface area contributed by atoms with Crippen LogP contribution < -0.4 is 4.74 Å². The quantitative estimate of drug-likeness (QED) is 0.934. The molecule has 1 aromatic heterocycles. The maximum atomic E-state index is 10.8. The minimum Gasteiger partial charge on any atom is -0.489 e. The molecule has 0 amide bonds. The summed E-state index contributed by atoms with van der Waals surface area (Å²) in [7, 11) is 0. The Morgan fingerprint density at radius 2 is 2.24 bits per heavy atom. The Bertz CT molecular complexity index is 536. The first-order chi connectivity index (χ1) is 8.15. The zero-order valence-electron chi connectivity index (χ0n) is 8.72. The van der Waals surface area contributed by atoms with E-state index in [0.717, 1.165) is 9.35 Å². The molecule has 3 nitrogen and oxygen atoms in total. The summed E-state index contributed by atoms with van der Waals surface area (Å²) in [5, 5.41) is 10.8. The molecule has 0 saturated carbocycles. The van der Waals surface area contributed by atoms with Crippen molar-refractivity contribution in [3.8, 4) is 5.75 Å². The van der Waals surface area contributed by atoms with Crippen LogP contribution in [0.25, 0.3) is 0 Å². The van der Waals surface area contributed by atoms with Gasteiger partial charge in [-0.1, -0.05) is 6.07 Å². The third-order valence-corrected chi connectivity index (χ3v) is 3.66. The summed E-state index contributed by atoms with van der Waals surface area (Å²) in [6.07, 6.45) is 0. The van der Waals surface area contributed by atoms with Gasteiger partial charge in [-0.2, -0.15) is 0 Å². The van der Waals surface area contributed by atoms with Gasteiger partial charge in [0.25, 0.3) is 0 Å². The number of rotatable bonds is 4. The smallest absolute Gasteiger partial charge is 0.335 e. The second-order valence-electron chi connectivity index (χ2n) is 3.38. The molecule has 2 rings (SSSR count). The molecule has 0 fully saturated rings.